The van der Waals surface area contributed by atoms with Crippen molar-refractivity contribution in [2.75, 3.05) is 0 Å². The van der Waals surface area contributed by atoms with Crippen LogP contribution in [0.5, 0.6) is 0 Å². The van der Waals surface area contributed by atoms with E-state index in [0.29, 0.717) is 5.56 Å². The highest BCUT2D eigenvalue weighted by Crippen LogP contribution is 2.03. The van der Waals surface area contributed by atoms with Crippen LogP contribution in [0.3, 0.4) is 0 Å². The van der Waals surface area contributed by atoms with Crippen molar-refractivity contribution >= 4 is 11.8 Å². The highest BCUT2D eigenvalue weighted by atomic mass is 16.7. The first-order chi connectivity index (χ1) is 8.25. The number of imidazole rings is 1. The second-order valence-corrected chi connectivity index (χ2v) is 3.35. The van der Waals surface area contributed by atoms with E-state index in [1.807, 2.05) is 0 Å². The molecule has 17 heavy (non-hydrogen) atoms. The fraction of sp³-hybridized carbons (Fsp3) is 0.0833. The minimum absolute atomic E-state index is 0.268. The van der Waals surface area contributed by atoms with Crippen LogP contribution in [-0.2, 0) is 4.79 Å². The fourth-order valence-corrected chi connectivity index (χ4v) is 1.31. The third-order valence-corrected chi connectivity index (χ3v) is 2.09. The normalized spacial score (nSPS) is 9.88. The molecule has 0 atom stereocenters. The van der Waals surface area contributed by atoms with Crippen molar-refractivity contribution in [2.24, 2.45) is 0 Å². The Hall–Kier alpha value is -2.43. The number of rotatable bonds is 4. The van der Waals surface area contributed by atoms with Crippen LogP contribution in [0.1, 0.15) is 16.8 Å². The first kappa shape index (κ1) is 11.1. The largest absolute Gasteiger partial charge is 0.340 e. The third kappa shape index (κ3) is 3.01. The van der Waals surface area contributed by atoms with Gasteiger partial charge in [-0.3, -0.25) is 4.79 Å². The summed E-state index contributed by atoms with van der Waals surface area (Å²) in [6, 6.07) is 8.61. The van der Waals surface area contributed by atoms with Crippen LogP contribution in [0.4, 0.5) is 0 Å². The lowest BCUT2D eigenvalue weighted by molar-refractivity contribution is -0.143. The molecule has 0 amide bonds. The van der Waals surface area contributed by atoms with Gasteiger partial charge in [0.25, 0.3) is 0 Å². The number of aromatic nitrogens is 2. The van der Waals surface area contributed by atoms with Crippen molar-refractivity contribution in [3.63, 3.8) is 0 Å². The summed E-state index contributed by atoms with van der Waals surface area (Å²) in [6.07, 6.45) is 4.00. The molecule has 0 bridgehead atoms. The van der Waals surface area contributed by atoms with Gasteiger partial charge in [0.05, 0.1) is 6.20 Å². The van der Waals surface area contributed by atoms with E-state index in [-0.39, 0.29) is 12.2 Å². The number of benzene rings is 1. The highest BCUT2D eigenvalue weighted by Gasteiger charge is 2.13. The third-order valence-electron chi connectivity index (χ3n) is 2.09. The average molecular weight is 230 g/mol. The Balaban J connectivity index is 1.93. The lowest BCUT2D eigenvalue weighted by Crippen LogP contribution is -2.21. The van der Waals surface area contributed by atoms with Crippen LogP contribution in [0.25, 0.3) is 0 Å². The van der Waals surface area contributed by atoms with Gasteiger partial charge < -0.3 is 4.84 Å². The zero-order valence-electron chi connectivity index (χ0n) is 8.95. The molecule has 5 nitrogen and oxygen atoms in total. The molecule has 0 aliphatic carbocycles. The Morgan fingerprint density at radius 2 is 2.00 bits per heavy atom. The Bertz CT molecular complexity index is 506. The van der Waals surface area contributed by atoms with Crippen molar-refractivity contribution in [1.82, 2.24) is 9.71 Å². The molecule has 0 aliphatic heterocycles. The molecule has 0 N–H and O–H groups in total. The second-order valence-electron chi connectivity index (χ2n) is 3.35. The SMILES string of the molecule is O=C(CC(=O)c1ccccc1)On1ccnc1. The van der Waals surface area contributed by atoms with Crippen molar-refractivity contribution in [1.29, 1.82) is 0 Å². The number of carbonyl (C=O) groups excluding carboxylic acids is 2. The molecule has 0 spiro atoms. The summed E-state index contributed by atoms with van der Waals surface area (Å²) in [5.41, 5.74) is 0.495. The van der Waals surface area contributed by atoms with E-state index in [4.69, 9.17) is 4.84 Å². The van der Waals surface area contributed by atoms with Crippen molar-refractivity contribution in [3.05, 3.63) is 54.6 Å². The maximum Gasteiger partial charge on any atom is 0.340 e. The van der Waals surface area contributed by atoms with Gasteiger partial charge in [0.1, 0.15) is 12.7 Å². The quantitative estimate of drug-likeness (QED) is 0.583. The Labute approximate surface area is 97.6 Å². The van der Waals surface area contributed by atoms with Gasteiger partial charge >= 0.3 is 5.97 Å². The molecule has 0 saturated carbocycles. The predicted octanol–water partition coefficient (Wildman–Crippen LogP) is 1.11. The molecule has 0 fully saturated rings. The predicted molar refractivity (Wildman–Crippen MR) is 59.2 cm³/mol. The summed E-state index contributed by atoms with van der Waals surface area (Å²) in [4.78, 5) is 31.6. The van der Waals surface area contributed by atoms with Crippen molar-refractivity contribution in [2.45, 2.75) is 6.42 Å². The minimum atomic E-state index is -0.614. The standard InChI is InChI=1S/C12H10N2O3/c15-11(10-4-2-1-3-5-10)8-12(16)17-14-7-6-13-9-14/h1-7,9H,8H2. The van der Waals surface area contributed by atoms with Gasteiger partial charge in [0.2, 0.25) is 0 Å². The molecule has 1 aromatic carbocycles. The van der Waals surface area contributed by atoms with Gasteiger partial charge in [-0.1, -0.05) is 30.3 Å². The molecule has 1 heterocycles. The molecule has 0 saturated heterocycles. The molecule has 0 aliphatic rings. The molecular weight excluding hydrogens is 220 g/mol. The van der Waals surface area contributed by atoms with Gasteiger partial charge in [-0.2, -0.15) is 4.73 Å². The first-order valence-electron chi connectivity index (χ1n) is 5.03. The van der Waals surface area contributed by atoms with Crippen LogP contribution >= 0.6 is 0 Å². The summed E-state index contributed by atoms with van der Waals surface area (Å²) < 4.78 is 1.15. The monoisotopic (exact) mass is 230 g/mol. The van der Waals surface area contributed by atoms with E-state index in [1.54, 1.807) is 30.3 Å². The lowest BCUT2D eigenvalue weighted by atomic mass is 10.1. The summed E-state index contributed by atoms with van der Waals surface area (Å²) in [7, 11) is 0. The number of carbonyl (C=O) groups is 2. The van der Waals surface area contributed by atoms with E-state index >= 15 is 0 Å². The minimum Gasteiger partial charge on any atom is -0.335 e. The fourth-order valence-electron chi connectivity index (χ4n) is 1.31. The maximum atomic E-state index is 11.7. The van der Waals surface area contributed by atoms with E-state index < -0.39 is 5.97 Å². The number of hydrogen-bond donors (Lipinski definition) is 0. The molecule has 0 unspecified atom stereocenters. The topological polar surface area (TPSA) is 61.2 Å². The summed E-state index contributed by atoms with van der Waals surface area (Å²) >= 11 is 0. The van der Waals surface area contributed by atoms with E-state index in [0.717, 1.165) is 4.73 Å². The number of hydrogen-bond acceptors (Lipinski definition) is 4. The van der Waals surface area contributed by atoms with Crippen molar-refractivity contribution < 1.29 is 14.4 Å². The Morgan fingerprint density at radius 1 is 1.24 bits per heavy atom. The number of nitrogens with zero attached hydrogens (tertiary/aromatic N) is 2. The second kappa shape index (κ2) is 5.07. The van der Waals surface area contributed by atoms with E-state index in [2.05, 4.69) is 4.98 Å². The van der Waals surface area contributed by atoms with Gasteiger partial charge in [-0.25, -0.2) is 9.78 Å². The Morgan fingerprint density at radius 3 is 2.65 bits per heavy atom. The summed E-state index contributed by atoms with van der Waals surface area (Å²) in [5, 5.41) is 0. The zero-order chi connectivity index (χ0) is 12.1. The zero-order valence-corrected chi connectivity index (χ0v) is 8.95. The Kier molecular flexibility index (Phi) is 3.30. The number of Topliss-reactive ketones (excluding diaryl/α,β-unsaturated/α-hetero) is 1. The molecule has 2 rings (SSSR count). The van der Waals surface area contributed by atoms with Crippen molar-refractivity contribution in [3.8, 4) is 0 Å². The van der Waals surface area contributed by atoms with Gasteiger partial charge in [-0.05, 0) is 0 Å². The number of ketones is 1. The van der Waals surface area contributed by atoms with Gasteiger partial charge in [-0.15, -0.1) is 0 Å². The molecular formula is C12H10N2O3. The summed E-state index contributed by atoms with van der Waals surface area (Å²) in [6.45, 7) is 0. The molecule has 5 heteroatoms. The molecule has 0 radical (unpaired) electrons. The maximum absolute atomic E-state index is 11.7. The smallest absolute Gasteiger partial charge is 0.335 e. The van der Waals surface area contributed by atoms with Gasteiger partial charge in [0.15, 0.2) is 5.78 Å². The van der Waals surface area contributed by atoms with E-state index in [1.165, 1.54) is 18.7 Å². The lowest BCUT2D eigenvalue weighted by Gasteiger charge is -2.02. The van der Waals surface area contributed by atoms with Crippen LogP contribution in [0.15, 0.2) is 49.1 Å². The molecule has 1 aromatic heterocycles. The summed E-state index contributed by atoms with van der Waals surface area (Å²) in [5.74, 6) is -0.882. The average Bonchev–Trinajstić information content (AvgIpc) is 2.82. The first-order valence-corrected chi connectivity index (χ1v) is 5.03. The van der Waals surface area contributed by atoms with E-state index in [9.17, 15) is 9.59 Å². The van der Waals surface area contributed by atoms with Crippen LogP contribution in [0, 0.1) is 0 Å². The molecule has 2 aromatic rings. The van der Waals surface area contributed by atoms with Crippen LogP contribution in [-0.4, -0.2) is 21.5 Å². The highest BCUT2D eigenvalue weighted by molar-refractivity contribution is 6.05. The van der Waals surface area contributed by atoms with Crippen LogP contribution in [0.2, 0.25) is 0 Å². The van der Waals surface area contributed by atoms with Crippen LogP contribution < -0.4 is 4.84 Å². The molecule has 86 valence electrons. The van der Waals surface area contributed by atoms with Gasteiger partial charge in [0, 0.05) is 11.8 Å².